The van der Waals surface area contributed by atoms with E-state index in [0.717, 1.165) is 44.4 Å². The van der Waals surface area contributed by atoms with Crippen LogP contribution in [0, 0.1) is 20.8 Å². The Bertz CT molecular complexity index is 1180. The van der Waals surface area contributed by atoms with Crippen molar-refractivity contribution in [2.24, 2.45) is 7.05 Å². The molecule has 1 heterocycles. The molecule has 0 saturated carbocycles. The zero-order valence-corrected chi connectivity index (χ0v) is 22.9. The number of nitrogens with one attached hydrogen (secondary N) is 1. The molecule has 3 aromatic rings. The highest BCUT2D eigenvalue weighted by Crippen LogP contribution is 2.25. The quantitative estimate of drug-likeness (QED) is 0.424. The van der Waals surface area contributed by atoms with Crippen molar-refractivity contribution in [2.75, 3.05) is 27.3 Å². The number of aryl methyl sites for hydroxylation is 4. The predicted molar refractivity (Wildman–Crippen MR) is 142 cm³/mol. The summed E-state index contributed by atoms with van der Waals surface area (Å²) >= 11 is 0. The van der Waals surface area contributed by atoms with Crippen molar-refractivity contribution in [2.45, 2.75) is 45.2 Å². The van der Waals surface area contributed by atoms with Crippen molar-refractivity contribution in [3.05, 3.63) is 65.1 Å². The molecule has 0 fully saturated rings. The molecule has 0 aliphatic rings. The highest BCUT2D eigenvalue weighted by atomic mass is 32.2. The molecule has 2 atom stereocenters. The highest BCUT2D eigenvalue weighted by molar-refractivity contribution is 7.82. The van der Waals surface area contributed by atoms with E-state index >= 15 is 0 Å². The maximum atomic E-state index is 13.0. The molecule has 0 aliphatic heterocycles. The molecule has 0 saturated heterocycles. The molecule has 194 valence electrons. The van der Waals surface area contributed by atoms with E-state index in [0.29, 0.717) is 13.1 Å². The van der Waals surface area contributed by atoms with Crippen LogP contribution in [0.2, 0.25) is 0 Å². The second kappa shape index (κ2) is 12.3. The summed E-state index contributed by atoms with van der Waals surface area (Å²) in [7, 11) is 4.03. The summed E-state index contributed by atoms with van der Waals surface area (Å²) in [6.07, 6.45) is 1.38. The summed E-state index contributed by atoms with van der Waals surface area (Å²) in [6.45, 7) is 8.65. The topological polar surface area (TPSA) is 85.7 Å². The number of benzene rings is 2. The van der Waals surface area contributed by atoms with Gasteiger partial charge in [0.05, 0.1) is 24.3 Å². The normalized spacial score (nSPS) is 13.0. The Morgan fingerprint density at radius 1 is 1.17 bits per heavy atom. The number of ether oxygens (including phenoxy) is 2. The van der Waals surface area contributed by atoms with Crippen molar-refractivity contribution in [3.63, 3.8) is 0 Å². The first-order chi connectivity index (χ1) is 17.1. The lowest BCUT2D eigenvalue weighted by Crippen LogP contribution is -2.36. The van der Waals surface area contributed by atoms with Crippen LogP contribution in [0.4, 0.5) is 0 Å². The summed E-state index contributed by atoms with van der Waals surface area (Å²) < 4.78 is 27.8. The Kier molecular flexibility index (Phi) is 9.42. The van der Waals surface area contributed by atoms with Crippen LogP contribution in [0.3, 0.4) is 0 Å². The third-order valence-electron chi connectivity index (χ3n) is 6.10. The fourth-order valence-corrected chi connectivity index (χ4v) is 5.02. The minimum Gasteiger partial charge on any atom is -0.497 e. The van der Waals surface area contributed by atoms with Gasteiger partial charge in [0, 0.05) is 38.9 Å². The zero-order chi connectivity index (χ0) is 26.4. The average Bonchev–Trinajstić information content (AvgIpc) is 3.19. The van der Waals surface area contributed by atoms with Gasteiger partial charge in [-0.05, 0) is 56.5 Å². The molecule has 0 aliphatic carbocycles. The molecule has 3 rings (SSSR count). The standard InChI is InChI=1S/C27H36N4O4S/c1-18-14-24(34-7)15-19(2)26(18)36(33)31(6)12-13-35-20(3)27(32)28-16-22-8-10-23(11-9-22)25-17-30(5)21(4)29-25/h8-11,14-15,17,20H,12-13,16H2,1-7H3,(H,28,32). The summed E-state index contributed by atoms with van der Waals surface area (Å²) in [5.41, 5.74) is 4.78. The Morgan fingerprint density at radius 2 is 1.81 bits per heavy atom. The van der Waals surface area contributed by atoms with Crippen LogP contribution in [-0.2, 0) is 34.1 Å². The van der Waals surface area contributed by atoms with Crippen LogP contribution in [0.5, 0.6) is 5.75 Å². The average molecular weight is 513 g/mol. The molecule has 1 N–H and O–H groups in total. The van der Waals surface area contributed by atoms with Crippen LogP contribution in [0.1, 0.15) is 29.4 Å². The number of carbonyl (C=O) groups excluding carboxylic acids is 1. The van der Waals surface area contributed by atoms with Gasteiger partial charge in [-0.25, -0.2) is 13.5 Å². The third-order valence-corrected chi connectivity index (χ3v) is 7.84. The number of hydrogen-bond donors (Lipinski definition) is 1. The Hall–Kier alpha value is -3.01. The van der Waals surface area contributed by atoms with E-state index in [4.69, 9.17) is 9.47 Å². The molecular weight excluding hydrogens is 476 g/mol. The van der Waals surface area contributed by atoms with Crippen molar-refractivity contribution in [1.29, 1.82) is 0 Å². The lowest BCUT2D eigenvalue weighted by molar-refractivity contribution is -0.131. The number of rotatable bonds is 11. The molecule has 0 radical (unpaired) electrons. The van der Waals surface area contributed by atoms with Gasteiger partial charge in [0.2, 0.25) is 5.91 Å². The van der Waals surface area contributed by atoms with Gasteiger partial charge in [-0.15, -0.1) is 0 Å². The molecule has 2 aromatic carbocycles. The number of hydrogen-bond acceptors (Lipinski definition) is 5. The summed E-state index contributed by atoms with van der Waals surface area (Å²) in [5, 5.41) is 2.91. The fourth-order valence-electron chi connectivity index (χ4n) is 3.80. The van der Waals surface area contributed by atoms with Crippen molar-refractivity contribution >= 4 is 16.9 Å². The number of methoxy groups -OCH3 is 1. The molecule has 1 aromatic heterocycles. The molecule has 1 amide bonds. The number of imidazole rings is 1. The van der Waals surface area contributed by atoms with E-state index in [1.54, 1.807) is 25.4 Å². The minimum absolute atomic E-state index is 0.190. The van der Waals surface area contributed by atoms with E-state index in [-0.39, 0.29) is 12.5 Å². The zero-order valence-electron chi connectivity index (χ0n) is 22.1. The second-order valence-electron chi connectivity index (χ2n) is 8.90. The van der Waals surface area contributed by atoms with Crippen LogP contribution >= 0.6 is 0 Å². The largest absolute Gasteiger partial charge is 0.497 e. The Morgan fingerprint density at radius 3 is 2.36 bits per heavy atom. The minimum atomic E-state index is -1.34. The highest BCUT2D eigenvalue weighted by Gasteiger charge is 2.18. The molecule has 0 bridgehead atoms. The monoisotopic (exact) mass is 512 g/mol. The van der Waals surface area contributed by atoms with Gasteiger partial charge in [-0.2, -0.15) is 0 Å². The van der Waals surface area contributed by atoms with Gasteiger partial charge in [0.25, 0.3) is 0 Å². The molecular formula is C27H36N4O4S. The molecule has 9 heteroatoms. The van der Waals surface area contributed by atoms with Gasteiger partial charge in [-0.1, -0.05) is 24.3 Å². The SMILES string of the molecule is COc1cc(C)c(S(=O)N(C)CCOC(C)C(=O)NCc2ccc(-c3cn(C)c(C)n3)cc2)c(C)c1. The lowest BCUT2D eigenvalue weighted by atomic mass is 10.1. The number of likely N-dealkylation sites (N-methyl/N-ethyl adjacent to an activating group) is 1. The smallest absolute Gasteiger partial charge is 0.249 e. The number of nitrogens with zero attached hydrogens (tertiary/aromatic N) is 3. The van der Waals surface area contributed by atoms with Gasteiger partial charge >= 0.3 is 0 Å². The number of amides is 1. The van der Waals surface area contributed by atoms with E-state index < -0.39 is 17.1 Å². The Balaban J connectivity index is 1.45. The molecule has 0 spiro atoms. The van der Waals surface area contributed by atoms with E-state index in [1.807, 2.05) is 75.0 Å². The predicted octanol–water partition coefficient (Wildman–Crippen LogP) is 3.70. The first-order valence-corrected chi connectivity index (χ1v) is 13.0. The number of carbonyl (C=O) groups is 1. The van der Waals surface area contributed by atoms with Crippen LogP contribution in [0.25, 0.3) is 11.3 Å². The fraction of sp³-hybridized carbons (Fsp3) is 0.407. The first-order valence-electron chi connectivity index (χ1n) is 11.9. The Labute approximate surface area is 216 Å². The molecule has 2 unspecified atom stereocenters. The maximum absolute atomic E-state index is 13.0. The van der Waals surface area contributed by atoms with Crippen LogP contribution in [-0.4, -0.2) is 57.4 Å². The van der Waals surface area contributed by atoms with E-state index in [9.17, 15) is 9.00 Å². The van der Waals surface area contributed by atoms with Gasteiger partial charge in [-0.3, -0.25) is 4.79 Å². The lowest BCUT2D eigenvalue weighted by Gasteiger charge is -2.20. The summed E-state index contributed by atoms with van der Waals surface area (Å²) in [4.78, 5) is 17.8. The molecule has 36 heavy (non-hydrogen) atoms. The summed E-state index contributed by atoms with van der Waals surface area (Å²) in [5.74, 6) is 1.51. The summed E-state index contributed by atoms with van der Waals surface area (Å²) in [6, 6.07) is 11.7. The number of aromatic nitrogens is 2. The van der Waals surface area contributed by atoms with Gasteiger partial charge in [0.1, 0.15) is 28.7 Å². The third kappa shape index (κ3) is 6.81. The van der Waals surface area contributed by atoms with Crippen molar-refractivity contribution in [3.8, 4) is 17.0 Å². The van der Waals surface area contributed by atoms with Crippen molar-refractivity contribution in [1.82, 2.24) is 19.2 Å². The molecule has 8 nitrogen and oxygen atoms in total. The van der Waals surface area contributed by atoms with Crippen LogP contribution < -0.4 is 10.1 Å². The van der Waals surface area contributed by atoms with Gasteiger partial charge in [0.15, 0.2) is 0 Å². The van der Waals surface area contributed by atoms with Crippen molar-refractivity contribution < 1.29 is 18.5 Å². The van der Waals surface area contributed by atoms with Crippen LogP contribution in [0.15, 0.2) is 47.5 Å². The first kappa shape index (κ1) is 27.6. The maximum Gasteiger partial charge on any atom is 0.249 e. The van der Waals surface area contributed by atoms with Gasteiger partial charge < -0.3 is 19.4 Å². The van der Waals surface area contributed by atoms with E-state index in [1.165, 1.54) is 0 Å². The van der Waals surface area contributed by atoms with E-state index in [2.05, 4.69) is 10.3 Å². The second-order valence-corrected chi connectivity index (χ2v) is 10.4.